The number of hydrogen-bond donors (Lipinski definition) is 2. The Morgan fingerprint density at radius 1 is 0.733 bits per heavy atom. The molecular weight excluding hydrogens is 574 g/mol. The molecule has 3 rings (SSSR count). The van der Waals surface area contributed by atoms with Gasteiger partial charge in [-0.15, -0.1) is 0 Å². The fourth-order valence-electron chi connectivity index (χ4n) is 5.98. The van der Waals surface area contributed by atoms with E-state index >= 15 is 0 Å². The Labute approximate surface area is 268 Å². The van der Waals surface area contributed by atoms with Crippen LogP contribution in [0.15, 0.2) is 48.5 Å². The van der Waals surface area contributed by atoms with E-state index in [0.29, 0.717) is 31.7 Å². The number of rotatable bonds is 17. The van der Waals surface area contributed by atoms with E-state index < -0.39 is 5.54 Å². The Bertz CT molecular complexity index is 1230. The van der Waals surface area contributed by atoms with Crippen molar-refractivity contribution in [2.24, 2.45) is 5.41 Å². The summed E-state index contributed by atoms with van der Waals surface area (Å²) in [6, 6.07) is 15.8. The highest BCUT2D eigenvalue weighted by Crippen LogP contribution is 2.44. The molecule has 1 heterocycles. The van der Waals surface area contributed by atoms with Gasteiger partial charge in [-0.3, -0.25) is 14.5 Å². The number of aliphatic hydroxyl groups is 2. The zero-order chi connectivity index (χ0) is 33.3. The second kappa shape index (κ2) is 15.4. The normalized spacial score (nSPS) is 16.0. The van der Waals surface area contributed by atoms with E-state index in [1.807, 2.05) is 67.3 Å². The van der Waals surface area contributed by atoms with Crippen molar-refractivity contribution in [3.8, 4) is 11.5 Å². The van der Waals surface area contributed by atoms with Gasteiger partial charge in [0.15, 0.2) is 0 Å². The first kappa shape index (κ1) is 36.3. The smallest absolute Gasteiger partial charge is 0.307 e. The van der Waals surface area contributed by atoms with Crippen LogP contribution in [-0.2, 0) is 24.5 Å². The Morgan fingerprint density at radius 3 is 1.58 bits per heavy atom. The van der Waals surface area contributed by atoms with E-state index in [2.05, 4.69) is 34.6 Å². The number of esters is 2. The van der Waals surface area contributed by atoms with E-state index in [1.165, 1.54) is 0 Å². The van der Waals surface area contributed by atoms with Gasteiger partial charge in [0.2, 0.25) is 0 Å². The molecule has 45 heavy (non-hydrogen) atoms. The van der Waals surface area contributed by atoms with Crippen LogP contribution >= 0.6 is 0 Å². The van der Waals surface area contributed by atoms with E-state index in [0.717, 1.165) is 23.3 Å². The Hall–Kier alpha value is -3.14. The highest BCUT2D eigenvalue weighted by atomic mass is 16.6. The summed E-state index contributed by atoms with van der Waals surface area (Å²) in [4.78, 5) is 26.2. The number of carbonyl (C=O) groups excluding carboxylic acids is 2. The van der Waals surface area contributed by atoms with Crippen molar-refractivity contribution in [2.45, 2.75) is 90.6 Å². The number of likely N-dealkylation sites (tertiary alicyclic amines) is 1. The van der Waals surface area contributed by atoms with E-state index in [-0.39, 0.29) is 67.8 Å². The van der Waals surface area contributed by atoms with Crippen LogP contribution in [0.1, 0.15) is 85.3 Å². The molecule has 0 spiro atoms. The Morgan fingerprint density at radius 2 is 1.18 bits per heavy atom. The Kier molecular flexibility index (Phi) is 12.5. The number of aliphatic hydroxyl groups excluding tert-OH is 2. The predicted octanol–water partition coefficient (Wildman–Crippen LogP) is 5.28. The average Bonchev–Trinajstić information content (AvgIpc) is 2.99. The molecule has 9 heteroatoms. The van der Waals surface area contributed by atoms with E-state index in [1.54, 1.807) is 0 Å². The first-order chi connectivity index (χ1) is 21.1. The number of hydrogen-bond acceptors (Lipinski definition) is 9. The van der Waals surface area contributed by atoms with Crippen molar-refractivity contribution in [3.05, 3.63) is 59.7 Å². The van der Waals surface area contributed by atoms with Gasteiger partial charge in [-0.05, 0) is 67.5 Å². The molecule has 0 aliphatic carbocycles. The summed E-state index contributed by atoms with van der Waals surface area (Å²) >= 11 is 0. The summed E-state index contributed by atoms with van der Waals surface area (Å²) in [5.74, 6) is 0.873. The maximum absolute atomic E-state index is 12.3. The SMILES string of the molecule is CC(C)(C)CCC(=O)OCCOc1ccc(C(C)(C)c2ccc(OCCOC(=O)CCN3C(C)(C)CC3(CO)CO)cc2)cc1. The number of ether oxygens (including phenoxy) is 4. The van der Waals surface area contributed by atoms with Crippen molar-refractivity contribution in [3.63, 3.8) is 0 Å². The standard InChI is InChI=1S/C36H53NO8/c1-33(2,3)18-16-31(40)44-22-20-42-29-12-8-27(9-13-29)35(6,7)28-10-14-30(15-11-28)43-21-23-45-32(41)17-19-37-34(4,5)24-36(37,25-38)26-39/h8-15,38-39H,16-26H2,1-7H3. The van der Waals surface area contributed by atoms with Gasteiger partial charge < -0.3 is 29.2 Å². The molecule has 0 amide bonds. The quantitative estimate of drug-likeness (QED) is 0.179. The van der Waals surface area contributed by atoms with E-state index in [4.69, 9.17) is 18.9 Å². The molecule has 250 valence electrons. The van der Waals surface area contributed by atoms with Gasteiger partial charge in [0, 0.05) is 23.9 Å². The molecule has 1 saturated heterocycles. The molecule has 2 aromatic rings. The van der Waals surface area contributed by atoms with Crippen LogP contribution in [0.2, 0.25) is 0 Å². The average molecular weight is 628 g/mol. The lowest BCUT2D eigenvalue weighted by Gasteiger charge is -2.62. The molecule has 1 aliphatic rings. The van der Waals surface area contributed by atoms with Gasteiger partial charge in [-0.1, -0.05) is 58.9 Å². The second-order valence-corrected chi connectivity index (χ2v) is 14.3. The summed E-state index contributed by atoms with van der Waals surface area (Å²) in [7, 11) is 0. The van der Waals surface area contributed by atoms with Crippen molar-refractivity contribution in [1.29, 1.82) is 0 Å². The topological polar surface area (TPSA) is 115 Å². The first-order valence-corrected chi connectivity index (χ1v) is 15.9. The molecule has 0 bridgehead atoms. The van der Waals surface area contributed by atoms with Gasteiger partial charge in [0.25, 0.3) is 0 Å². The molecule has 1 aliphatic heterocycles. The molecule has 0 radical (unpaired) electrons. The maximum Gasteiger partial charge on any atom is 0.307 e. The summed E-state index contributed by atoms with van der Waals surface area (Å²) in [5.41, 5.74) is 1.23. The molecule has 0 aromatic heterocycles. The zero-order valence-corrected chi connectivity index (χ0v) is 28.2. The third-order valence-electron chi connectivity index (χ3n) is 8.65. The largest absolute Gasteiger partial charge is 0.490 e. The lowest BCUT2D eigenvalue weighted by molar-refractivity contribution is -0.173. The van der Waals surface area contributed by atoms with Crippen molar-refractivity contribution in [2.75, 3.05) is 46.2 Å². The first-order valence-electron chi connectivity index (χ1n) is 15.9. The van der Waals surface area contributed by atoms with Gasteiger partial charge in [0.05, 0.1) is 25.2 Å². The van der Waals surface area contributed by atoms with Crippen molar-refractivity contribution < 1.29 is 38.7 Å². The molecular formula is C36H53NO8. The second-order valence-electron chi connectivity index (χ2n) is 14.3. The number of carbonyl (C=O) groups is 2. The highest BCUT2D eigenvalue weighted by molar-refractivity contribution is 5.69. The van der Waals surface area contributed by atoms with Crippen molar-refractivity contribution in [1.82, 2.24) is 4.90 Å². The van der Waals surface area contributed by atoms with Gasteiger partial charge in [-0.25, -0.2) is 0 Å². The Balaban J connectivity index is 1.38. The molecule has 9 nitrogen and oxygen atoms in total. The van der Waals surface area contributed by atoms with Crippen LogP contribution in [0.3, 0.4) is 0 Å². The predicted molar refractivity (Wildman–Crippen MR) is 174 cm³/mol. The minimum atomic E-state index is -0.670. The highest BCUT2D eigenvalue weighted by Gasteiger charge is 2.55. The molecule has 0 unspecified atom stereocenters. The van der Waals surface area contributed by atoms with Crippen LogP contribution in [0.4, 0.5) is 0 Å². The summed E-state index contributed by atoms with van der Waals surface area (Å²) in [6.07, 6.45) is 2.05. The monoisotopic (exact) mass is 627 g/mol. The molecule has 2 aromatic carbocycles. The lowest BCUT2D eigenvalue weighted by Crippen LogP contribution is -2.74. The van der Waals surface area contributed by atoms with Crippen LogP contribution in [0.5, 0.6) is 11.5 Å². The third-order valence-corrected chi connectivity index (χ3v) is 8.65. The number of benzene rings is 2. The third kappa shape index (κ3) is 10.2. The summed E-state index contributed by atoms with van der Waals surface area (Å²) in [5, 5.41) is 19.5. The number of nitrogens with zero attached hydrogens (tertiary/aromatic N) is 1. The fourth-order valence-corrected chi connectivity index (χ4v) is 5.98. The molecule has 2 N–H and O–H groups in total. The minimum absolute atomic E-state index is 0.102. The molecule has 0 saturated carbocycles. The van der Waals surface area contributed by atoms with Crippen LogP contribution in [0.25, 0.3) is 0 Å². The van der Waals surface area contributed by atoms with Gasteiger partial charge >= 0.3 is 11.9 Å². The van der Waals surface area contributed by atoms with Crippen LogP contribution in [0, 0.1) is 5.41 Å². The van der Waals surface area contributed by atoms with Crippen LogP contribution in [-0.4, -0.2) is 84.3 Å². The van der Waals surface area contributed by atoms with Crippen molar-refractivity contribution >= 4 is 11.9 Å². The van der Waals surface area contributed by atoms with Gasteiger partial charge in [-0.2, -0.15) is 0 Å². The van der Waals surface area contributed by atoms with Crippen LogP contribution < -0.4 is 9.47 Å². The minimum Gasteiger partial charge on any atom is -0.490 e. The maximum atomic E-state index is 12.3. The lowest BCUT2D eigenvalue weighted by atomic mass is 9.71. The van der Waals surface area contributed by atoms with E-state index in [9.17, 15) is 19.8 Å². The summed E-state index contributed by atoms with van der Waals surface area (Å²) < 4.78 is 22.2. The molecule has 1 fully saturated rings. The fraction of sp³-hybridized carbons (Fsp3) is 0.611. The summed E-state index contributed by atoms with van der Waals surface area (Å²) in [6.45, 7) is 15.7. The van der Waals surface area contributed by atoms with Gasteiger partial charge in [0.1, 0.15) is 37.9 Å². The molecule has 0 atom stereocenters. The zero-order valence-electron chi connectivity index (χ0n) is 28.2.